The van der Waals surface area contributed by atoms with Crippen molar-refractivity contribution in [2.45, 2.75) is 26.9 Å². The van der Waals surface area contributed by atoms with Crippen molar-refractivity contribution in [3.8, 4) is 5.75 Å². The van der Waals surface area contributed by atoms with Gasteiger partial charge in [-0.2, -0.15) is 10.2 Å². The molecule has 1 amide bonds. The fraction of sp³-hybridized carbons (Fsp3) is 0.350. The maximum absolute atomic E-state index is 10.5. The van der Waals surface area contributed by atoms with Gasteiger partial charge in [0.25, 0.3) is 0 Å². The molecule has 2 heterocycles. The number of ether oxygens (including phenoxy) is 2. The minimum Gasteiger partial charge on any atom is -0.494 e. The molecular formula is C20H28ClN7O3. The van der Waals surface area contributed by atoms with Crippen molar-refractivity contribution in [3.05, 3.63) is 34.7 Å². The Morgan fingerprint density at radius 3 is 2.52 bits per heavy atom. The highest BCUT2D eigenvalue weighted by molar-refractivity contribution is 6.33. The lowest BCUT2D eigenvalue weighted by molar-refractivity contribution is -0.105. The van der Waals surface area contributed by atoms with Gasteiger partial charge in [-0.1, -0.05) is 11.6 Å². The van der Waals surface area contributed by atoms with Gasteiger partial charge in [-0.05, 0) is 26.8 Å². The molecule has 0 spiro atoms. The van der Waals surface area contributed by atoms with Crippen LogP contribution < -0.4 is 20.5 Å². The Hall–Kier alpha value is -3.24. The van der Waals surface area contributed by atoms with Crippen LogP contribution in [0.1, 0.15) is 31.2 Å². The third-order valence-electron chi connectivity index (χ3n) is 4.09. The minimum absolute atomic E-state index is 0.181. The molecule has 0 saturated heterocycles. The molecule has 0 saturated carbocycles. The summed E-state index contributed by atoms with van der Waals surface area (Å²) in [5.74, 6) is 1.09. The van der Waals surface area contributed by atoms with Gasteiger partial charge in [0.2, 0.25) is 6.41 Å². The van der Waals surface area contributed by atoms with E-state index in [2.05, 4.69) is 37.5 Å². The highest BCUT2D eigenvalue weighted by Crippen LogP contribution is 2.35. The second-order valence-corrected chi connectivity index (χ2v) is 6.34. The summed E-state index contributed by atoms with van der Waals surface area (Å²) in [6, 6.07) is 1.74. The Kier molecular flexibility index (Phi) is 10.9. The summed E-state index contributed by atoms with van der Waals surface area (Å²) in [6.45, 7) is 8.88. The molecule has 31 heavy (non-hydrogen) atoms. The van der Waals surface area contributed by atoms with E-state index >= 15 is 0 Å². The molecule has 2 aromatic heterocycles. The number of carbonyl (C=O) groups is 1. The average molecular weight is 450 g/mol. The Bertz CT molecular complexity index is 909. The van der Waals surface area contributed by atoms with Crippen LogP contribution in [-0.2, 0) is 9.53 Å². The van der Waals surface area contributed by atoms with E-state index in [0.717, 1.165) is 16.9 Å². The average Bonchev–Trinajstić information content (AvgIpc) is 2.78. The number of hydrogen-bond donors (Lipinski definition) is 2. The Labute approximate surface area is 187 Å². The molecule has 11 heteroatoms. The summed E-state index contributed by atoms with van der Waals surface area (Å²) in [5.41, 5.74) is 2.99. The molecule has 0 aliphatic heterocycles. The summed E-state index contributed by atoms with van der Waals surface area (Å²) < 4.78 is 10.5. The molecule has 2 N–H and O–H groups in total. The number of halogens is 1. The maximum Gasteiger partial charge on any atom is 0.211 e. The summed E-state index contributed by atoms with van der Waals surface area (Å²) in [5, 5.41) is 14.9. The van der Waals surface area contributed by atoms with Crippen molar-refractivity contribution in [1.29, 1.82) is 0 Å². The van der Waals surface area contributed by atoms with Gasteiger partial charge in [0, 0.05) is 32.7 Å². The highest BCUT2D eigenvalue weighted by atomic mass is 35.5. The predicted molar refractivity (Wildman–Crippen MR) is 126 cm³/mol. The van der Waals surface area contributed by atoms with E-state index < -0.39 is 0 Å². The van der Waals surface area contributed by atoms with E-state index in [0.29, 0.717) is 28.7 Å². The third-order valence-corrected chi connectivity index (χ3v) is 4.37. The van der Waals surface area contributed by atoms with E-state index in [1.165, 1.54) is 5.12 Å². The number of nitrogens with zero attached hydrogens (tertiary/aromatic N) is 5. The second kappa shape index (κ2) is 13.1. The summed E-state index contributed by atoms with van der Waals surface area (Å²) in [7, 11) is 4.96. The number of amides is 1. The molecule has 2 aromatic rings. The van der Waals surface area contributed by atoms with Crippen molar-refractivity contribution in [3.63, 3.8) is 0 Å². The molecule has 0 aromatic carbocycles. The first-order chi connectivity index (χ1) is 14.9. The first-order valence-corrected chi connectivity index (χ1v) is 9.61. The number of pyridine rings is 2. The number of carbonyl (C=O) groups excluding carboxylic acids is 1. The van der Waals surface area contributed by atoms with Crippen LogP contribution in [0.15, 0.2) is 28.7 Å². The number of rotatable bonds is 9. The molecular weight excluding hydrogens is 422 g/mol. The molecule has 2 rings (SSSR count). The molecule has 0 fully saturated rings. The van der Waals surface area contributed by atoms with Crippen molar-refractivity contribution >= 4 is 48.1 Å². The molecule has 0 aliphatic rings. The number of hydrogen-bond acceptors (Lipinski definition) is 9. The van der Waals surface area contributed by atoms with Crippen LogP contribution in [0.5, 0.6) is 5.75 Å². The van der Waals surface area contributed by atoms with Crippen LogP contribution in [0, 0.1) is 6.92 Å². The number of methoxy groups -OCH3 is 2. The Morgan fingerprint density at radius 1 is 1.32 bits per heavy atom. The van der Waals surface area contributed by atoms with Gasteiger partial charge in [-0.3, -0.25) is 9.78 Å². The first kappa shape index (κ1) is 25.8. The monoisotopic (exact) mass is 449 g/mol. The topological polar surface area (TPSA) is 113 Å². The summed E-state index contributed by atoms with van der Waals surface area (Å²) in [4.78, 5) is 18.8. The number of aryl methyl sites for hydroxylation is 1. The normalized spacial score (nSPS) is 11.2. The van der Waals surface area contributed by atoms with Crippen LogP contribution >= 0.6 is 11.6 Å². The van der Waals surface area contributed by atoms with Crippen LogP contribution in [0.4, 0.5) is 17.2 Å². The van der Waals surface area contributed by atoms with Crippen molar-refractivity contribution in [2.24, 2.45) is 10.2 Å². The van der Waals surface area contributed by atoms with Gasteiger partial charge in [0.15, 0.2) is 5.82 Å². The van der Waals surface area contributed by atoms with Gasteiger partial charge in [-0.15, -0.1) is 5.12 Å². The maximum atomic E-state index is 10.5. The van der Waals surface area contributed by atoms with E-state index in [1.807, 2.05) is 13.8 Å². The lowest BCUT2D eigenvalue weighted by Gasteiger charge is -2.19. The summed E-state index contributed by atoms with van der Waals surface area (Å²) in [6.07, 6.45) is 5.25. The number of hydrazone groups is 2. The molecule has 0 bridgehead atoms. The zero-order valence-corrected chi connectivity index (χ0v) is 19.3. The van der Waals surface area contributed by atoms with E-state index in [-0.39, 0.29) is 6.10 Å². The van der Waals surface area contributed by atoms with Crippen molar-refractivity contribution in [2.75, 3.05) is 37.0 Å². The van der Waals surface area contributed by atoms with E-state index in [9.17, 15) is 4.79 Å². The highest BCUT2D eigenvalue weighted by Gasteiger charge is 2.18. The third kappa shape index (κ3) is 6.90. The van der Waals surface area contributed by atoms with Gasteiger partial charge < -0.3 is 20.1 Å². The van der Waals surface area contributed by atoms with E-state index in [1.54, 1.807) is 52.9 Å². The molecule has 168 valence electrons. The number of nitrogens with one attached hydrogen (secondary N) is 2. The van der Waals surface area contributed by atoms with Crippen LogP contribution in [0.2, 0.25) is 5.02 Å². The fourth-order valence-corrected chi connectivity index (χ4v) is 2.79. The zero-order chi connectivity index (χ0) is 23.4. The largest absolute Gasteiger partial charge is 0.494 e. The Balaban J connectivity index is 0.000000311. The van der Waals surface area contributed by atoms with Crippen LogP contribution in [-0.4, -0.2) is 50.6 Å². The lowest BCUT2D eigenvalue weighted by atomic mass is 10.1. The Morgan fingerprint density at radius 2 is 2.03 bits per heavy atom. The van der Waals surface area contributed by atoms with Gasteiger partial charge >= 0.3 is 0 Å². The first-order valence-electron chi connectivity index (χ1n) is 9.23. The van der Waals surface area contributed by atoms with Crippen LogP contribution in [0.3, 0.4) is 0 Å². The molecule has 1 atom stereocenters. The van der Waals surface area contributed by atoms with Gasteiger partial charge in [0.05, 0.1) is 47.7 Å². The molecule has 0 radical (unpaired) electrons. The van der Waals surface area contributed by atoms with E-state index in [4.69, 9.17) is 21.1 Å². The number of anilines is 3. The van der Waals surface area contributed by atoms with Crippen molar-refractivity contribution < 1.29 is 14.3 Å². The molecule has 0 aliphatic carbocycles. The fourth-order valence-electron chi connectivity index (χ4n) is 2.55. The van der Waals surface area contributed by atoms with Crippen LogP contribution in [0.25, 0.3) is 0 Å². The zero-order valence-electron chi connectivity index (χ0n) is 18.5. The smallest absolute Gasteiger partial charge is 0.211 e. The van der Waals surface area contributed by atoms with Gasteiger partial charge in [-0.25, -0.2) is 4.98 Å². The standard InChI is InChI=1S/C11H16N2O3.C9H12ClN5/c1-7-11(16-4)10(8(2)15-3)9(5-12-7)13-6-14;1-4-14-15(12-3)9-8(10)5-7(11-2)6-13-9/h5-6,8H,1-4H3,(H,13,14);4-6,11H,3H2,1-2H3/b;14-4-. The quantitative estimate of drug-likeness (QED) is 0.339. The second-order valence-electron chi connectivity index (χ2n) is 5.93. The SMILES string of the molecule is C=NN(/N=C\C)c1ncc(NC)cc1Cl.COc1c(C)ncc(NC=O)c1C(C)OC. The number of aromatic nitrogens is 2. The summed E-state index contributed by atoms with van der Waals surface area (Å²) >= 11 is 6.01. The molecule has 1 unspecified atom stereocenters. The minimum atomic E-state index is -0.181. The lowest BCUT2D eigenvalue weighted by Crippen LogP contribution is -2.09. The van der Waals surface area contributed by atoms with Gasteiger partial charge in [0.1, 0.15) is 5.75 Å². The molecule has 10 nitrogen and oxygen atoms in total. The predicted octanol–water partition coefficient (Wildman–Crippen LogP) is 3.88. The van der Waals surface area contributed by atoms with Crippen molar-refractivity contribution in [1.82, 2.24) is 9.97 Å².